The predicted molar refractivity (Wildman–Crippen MR) is 70.0 cm³/mol. The molecule has 1 aliphatic carbocycles. The smallest absolute Gasteiger partial charge is 0.239 e. The largest absolute Gasteiger partial charge is 0.376 e. The molecule has 2 rings (SSSR count). The van der Waals surface area contributed by atoms with Crippen LogP contribution in [0.15, 0.2) is 18.2 Å². The first kappa shape index (κ1) is 12.9. The SMILES string of the molecule is Cc1ccc(F)cc1NCC(=O)NC1CCCC1. The zero-order valence-electron chi connectivity index (χ0n) is 10.6. The number of hydrogen-bond donors (Lipinski definition) is 2. The second kappa shape index (κ2) is 5.85. The van der Waals surface area contributed by atoms with Gasteiger partial charge in [0.25, 0.3) is 0 Å². The van der Waals surface area contributed by atoms with Gasteiger partial charge in [-0.25, -0.2) is 4.39 Å². The fourth-order valence-electron chi connectivity index (χ4n) is 2.31. The lowest BCUT2D eigenvalue weighted by atomic mass is 10.2. The third-order valence-electron chi connectivity index (χ3n) is 3.36. The molecule has 1 fully saturated rings. The van der Waals surface area contributed by atoms with E-state index in [0.29, 0.717) is 11.7 Å². The Bertz CT molecular complexity index is 428. The molecule has 0 saturated heterocycles. The molecule has 0 spiro atoms. The number of benzene rings is 1. The molecule has 1 saturated carbocycles. The van der Waals surface area contributed by atoms with Crippen molar-refractivity contribution in [3.05, 3.63) is 29.6 Å². The second-order valence-electron chi connectivity index (χ2n) is 4.86. The molecule has 4 heteroatoms. The molecule has 0 unspecified atom stereocenters. The van der Waals surface area contributed by atoms with Gasteiger partial charge in [-0.2, -0.15) is 0 Å². The highest BCUT2D eigenvalue weighted by Crippen LogP contribution is 2.18. The van der Waals surface area contributed by atoms with E-state index in [1.807, 2.05) is 6.92 Å². The average molecular weight is 250 g/mol. The molecule has 1 amide bonds. The van der Waals surface area contributed by atoms with Gasteiger partial charge < -0.3 is 10.6 Å². The molecule has 1 aliphatic rings. The Morgan fingerprint density at radius 2 is 2.11 bits per heavy atom. The van der Waals surface area contributed by atoms with Crippen molar-refractivity contribution in [1.29, 1.82) is 0 Å². The molecule has 1 aromatic carbocycles. The summed E-state index contributed by atoms with van der Waals surface area (Å²) >= 11 is 0. The van der Waals surface area contributed by atoms with Crippen molar-refractivity contribution in [2.75, 3.05) is 11.9 Å². The number of rotatable bonds is 4. The topological polar surface area (TPSA) is 41.1 Å². The molecule has 1 aromatic rings. The van der Waals surface area contributed by atoms with Gasteiger partial charge in [-0.05, 0) is 37.5 Å². The third-order valence-corrected chi connectivity index (χ3v) is 3.36. The summed E-state index contributed by atoms with van der Waals surface area (Å²) in [6, 6.07) is 4.86. The summed E-state index contributed by atoms with van der Waals surface area (Å²) in [5, 5.41) is 5.96. The normalized spacial score (nSPS) is 15.7. The van der Waals surface area contributed by atoms with E-state index in [1.165, 1.54) is 25.0 Å². The highest BCUT2D eigenvalue weighted by Gasteiger charge is 2.16. The Morgan fingerprint density at radius 3 is 2.83 bits per heavy atom. The van der Waals surface area contributed by atoms with Crippen LogP contribution in [0.25, 0.3) is 0 Å². The van der Waals surface area contributed by atoms with Crippen LogP contribution < -0.4 is 10.6 Å². The molecule has 0 bridgehead atoms. The van der Waals surface area contributed by atoms with Gasteiger partial charge in [0.15, 0.2) is 0 Å². The Hall–Kier alpha value is -1.58. The minimum absolute atomic E-state index is 0.0226. The Balaban J connectivity index is 1.83. The summed E-state index contributed by atoms with van der Waals surface area (Å²) in [6.07, 6.45) is 4.54. The number of amides is 1. The van der Waals surface area contributed by atoms with E-state index >= 15 is 0 Å². The van der Waals surface area contributed by atoms with E-state index < -0.39 is 0 Å². The van der Waals surface area contributed by atoms with Gasteiger partial charge >= 0.3 is 0 Å². The van der Waals surface area contributed by atoms with Gasteiger partial charge in [-0.3, -0.25) is 4.79 Å². The first-order valence-electron chi connectivity index (χ1n) is 6.44. The third kappa shape index (κ3) is 3.45. The van der Waals surface area contributed by atoms with Crippen molar-refractivity contribution in [2.45, 2.75) is 38.6 Å². The van der Waals surface area contributed by atoms with E-state index in [2.05, 4.69) is 10.6 Å². The van der Waals surface area contributed by atoms with Crippen LogP contribution in [0.1, 0.15) is 31.2 Å². The summed E-state index contributed by atoms with van der Waals surface area (Å²) < 4.78 is 13.1. The van der Waals surface area contributed by atoms with Crippen molar-refractivity contribution in [2.24, 2.45) is 0 Å². The van der Waals surface area contributed by atoms with Crippen molar-refractivity contribution in [3.8, 4) is 0 Å². The lowest BCUT2D eigenvalue weighted by Gasteiger charge is -2.13. The number of anilines is 1. The van der Waals surface area contributed by atoms with Crippen LogP contribution in [0.5, 0.6) is 0 Å². The average Bonchev–Trinajstić information content (AvgIpc) is 2.83. The maximum atomic E-state index is 13.1. The van der Waals surface area contributed by atoms with E-state index in [9.17, 15) is 9.18 Å². The number of nitrogens with one attached hydrogen (secondary N) is 2. The molecule has 0 heterocycles. The second-order valence-corrected chi connectivity index (χ2v) is 4.86. The predicted octanol–water partition coefficient (Wildman–Crippen LogP) is 2.60. The monoisotopic (exact) mass is 250 g/mol. The van der Waals surface area contributed by atoms with Gasteiger partial charge in [-0.15, -0.1) is 0 Å². The Kier molecular flexibility index (Phi) is 4.18. The van der Waals surface area contributed by atoms with Gasteiger partial charge in [-0.1, -0.05) is 18.9 Å². The number of hydrogen-bond acceptors (Lipinski definition) is 2. The van der Waals surface area contributed by atoms with E-state index in [4.69, 9.17) is 0 Å². The molecule has 0 aromatic heterocycles. The highest BCUT2D eigenvalue weighted by atomic mass is 19.1. The number of aryl methyl sites for hydroxylation is 1. The van der Waals surface area contributed by atoms with Crippen LogP contribution in [0, 0.1) is 12.7 Å². The summed E-state index contributed by atoms with van der Waals surface area (Å²) in [5.41, 5.74) is 1.61. The maximum absolute atomic E-state index is 13.1. The Morgan fingerprint density at radius 1 is 1.39 bits per heavy atom. The molecule has 2 N–H and O–H groups in total. The van der Waals surface area contributed by atoms with Crippen molar-refractivity contribution in [3.63, 3.8) is 0 Å². The quantitative estimate of drug-likeness (QED) is 0.862. The van der Waals surface area contributed by atoms with E-state index in [1.54, 1.807) is 6.07 Å². The van der Waals surface area contributed by atoms with E-state index in [-0.39, 0.29) is 18.3 Å². The van der Waals surface area contributed by atoms with Crippen LogP contribution >= 0.6 is 0 Å². The molecule has 0 aliphatic heterocycles. The molecule has 0 atom stereocenters. The minimum Gasteiger partial charge on any atom is -0.376 e. The summed E-state index contributed by atoms with van der Waals surface area (Å²) in [7, 11) is 0. The molecule has 0 radical (unpaired) electrons. The number of carbonyl (C=O) groups is 1. The molecular weight excluding hydrogens is 231 g/mol. The summed E-state index contributed by atoms with van der Waals surface area (Å²) in [6.45, 7) is 2.08. The fourth-order valence-corrected chi connectivity index (χ4v) is 2.31. The molecule has 18 heavy (non-hydrogen) atoms. The van der Waals surface area contributed by atoms with E-state index in [0.717, 1.165) is 18.4 Å². The zero-order valence-corrected chi connectivity index (χ0v) is 10.6. The standard InChI is InChI=1S/C14H19FN2O/c1-10-6-7-11(15)8-13(10)16-9-14(18)17-12-4-2-3-5-12/h6-8,12,16H,2-5,9H2,1H3,(H,17,18). The molecular formula is C14H19FN2O. The summed E-state index contributed by atoms with van der Waals surface area (Å²) in [5.74, 6) is -0.315. The first-order valence-corrected chi connectivity index (χ1v) is 6.44. The minimum atomic E-state index is -0.292. The summed E-state index contributed by atoms with van der Waals surface area (Å²) in [4.78, 5) is 11.7. The highest BCUT2D eigenvalue weighted by molar-refractivity contribution is 5.81. The van der Waals surface area contributed by atoms with Gasteiger partial charge in [0, 0.05) is 11.7 Å². The van der Waals surface area contributed by atoms with Gasteiger partial charge in [0.2, 0.25) is 5.91 Å². The van der Waals surface area contributed by atoms with Crippen LogP contribution in [-0.2, 0) is 4.79 Å². The maximum Gasteiger partial charge on any atom is 0.239 e. The van der Waals surface area contributed by atoms with Crippen molar-refractivity contribution < 1.29 is 9.18 Å². The van der Waals surface area contributed by atoms with Gasteiger partial charge in [0.05, 0.1) is 6.54 Å². The number of halogens is 1. The van der Waals surface area contributed by atoms with Gasteiger partial charge in [0.1, 0.15) is 5.82 Å². The lowest BCUT2D eigenvalue weighted by Crippen LogP contribution is -2.36. The van der Waals surface area contributed by atoms with Crippen LogP contribution in [-0.4, -0.2) is 18.5 Å². The fraction of sp³-hybridized carbons (Fsp3) is 0.500. The number of carbonyl (C=O) groups excluding carboxylic acids is 1. The van der Waals surface area contributed by atoms with Crippen molar-refractivity contribution in [1.82, 2.24) is 5.32 Å². The zero-order chi connectivity index (χ0) is 13.0. The molecule has 98 valence electrons. The lowest BCUT2D eigenvalue weighted by molar-refractivity contribution is -0.120. The van der Waals surface area contributed by atoms with Crippen molar-refractivity contribution >= 4 is 11.6 Å². The molecule has 3 nitrogen and oxygen atoms in total. The first-order chi connectivity index (χ1) is 8.65. The van der Waals surface area contributed by atoms with Crippen LogP contribution in [0.3, 0.4) is 0 Å². The van der Waals surface area contributed by atoms with Crippen LogP contribution in [0.4, 0.5) is 10.1 Å². The Labute approximate surface area is 107 Å². The van der Waals surface area contributed by atoms with Crippen LogP contribution in [0.2, 0.25) is 0 Å².